The van der Waals surface area contributed by atoms with Crippen LogP contribution in [0.2, 0.25) is 0 Å². The fourth-order valence-corrected chi connectivity index (χ4v) is 5.39. The smallest absolute Gasteiger partial charge is 0.339 e. The molecule has 384 valence electrons. The molecular weight excluding hydrogens is 905 g/mol. The van der Waals surface area contributed by atoms with Crippen LogP contribution >= 0.6 is 0 Å². The summed E-state index contributed by atoms with van der Waals surface area (Å²) in [6, 6.07) is 17.7. The minimum atomic E-state index is -1.18. The highest BCUT2D eigenvalue weighted by molar-refractivity contribution is 6.03. The average Bonchev–Trinajstić information content (AvgIpc) is 3.35. The van der Waals surface area contributed by atoms with E-state index in [1.807, 2.05) is 0 Å². The lowest BCUT2D eigenvalue weighted by atomic mass is 10.1. The predicted molar refractivity (Wildman–Crippen MR) is 251 cm³/mol. The second-order valence-electron chi connectivity index (χ2n) is 14.6. The lowest BCUT2D eigenvalue weighted by molar-refractivity contribution is -0.174. The van der Waals surface area contributed by atoms with E-state index in [2.05, 4.69) is 27.7 Å². The third-order valence-corrected chi connectivity index (χ3v) is 9.28. The van der Waals surface area contributed by atoms with Gasteiger partial charge in [-0.05, 0) is 62.1 Å². The van der Waals surface area contributed by atoms with Gasteiger partial charge < -0.3 is 62.7 Å². The van der Waals surface area contributed by atoms with Crippen molar-refractivity contribution in [1.82, 2.24) is 0 Å². The van der Waals surface area contributed by atoms with E-state index in [9.17, 15) is 28.8 Å². The largest absolute Gasteiger partial charge is 0.478 e. The molecule has 0 radical (unpaired) electrons. The molecule has 0 aromatic heterocycles. The van der Waals surface area contributed by atoms with Crippen molar-refractivity contribution in [3.05, 3.63) is 106 Å². The Morgan fingerprint density at radius 1 is 0.391 bits per heavy atom. The number of benzene rings is 3. The van der Waals surface area contributed by atoms with Crippen LogP contribution in [0.4, 0.5) is 0 Å². The maximum atomic E-state index is 12.1. The molecule has 0 atom stereocenters. The summed E-state index contributed by atoms with van der Waals surface area (Å²) in [7, 11) is 2.82. The quantitative estimate of drug-likeness (QED) is 0.0225. The third kappa shape index (κ3) is 26.0. The molecule has 0 amide bonds. The number of carbonyl (C=O) groups excluding carboxylic acids is 3. The van der Waals surface area contributed by atoms with E-state index in [0.29, 0.717) is 26.4 Å². The molecule has 0 unspecified atom stereocenters. The Labute approximate surface area is 404 Å². The first-order chi connectivity index (χ1) is 33.3. The molecule has 3 N–H and O–H groups in total. The maximum absolute atomic E-state index is 12.1. The van der Waals surface area contributed by atoms with Gasteiger partial charge in [-0.15, -0.1) is 0 Å². The van der Waals surface area contributed by atoms with Gasteiger partial charge in [0.15, 0.2) is 18.9 Å². The van der Waals surface area contributed by atoms with Crippen molar-refractivity contribution in [2.24, 2.45) is 0 Å². The number of carbonyl (C=O) groups is 6. The van der Waals surface area contributed by atoms with E-state index < -0.39 is 54.7 Å². The summed E-state index contributed by atoms with van der Waals surface area (Å²) < 4.78 is 52.8. The Balaban J connectivity index is 0.000000528. The van der Waals surface area contributed by atoms with Gasteiger partial charge in [0.2, 0.25) is 0 Å². The first-order valence-electron chi connectivity index (χ1n) is 22.9. The number of hydrogen-bond donors (Lipinski definition) is 3. The number of ether oxygens (including phenoxy) is 10. The highest BCUT2D eigenvalue weighted by Crippen LogP contribution is 2.14. The number of rotatable bonds is 33. The number of carboxylic acid groups (broad SMARTS) is 3. The minimum Gasteiger partial charge on any atom is -0.478 e. The second-order valence-corrected chi connectivity index (χ2v) is 14.6. The van der Waals surface area contributed by atoms with Crippen LogP contribution in [-0.4, -0.2) is 144 Å². The van der Waals surface area contributed by atoms with E-state index in [1.54, 1.807) is 30.3 Å². The summed E-state index contributed by atoms with van der Waals surface area (Å²) in [6.07, 6.45) is 6.00. The predicted octanol–water partition coefficient (Wildman–Crippen LogP) is 8.18. The molecule has 0 bridgehead atoms. The molecule has 3 aromatic rings. The highest BCUT2D eigenvalue weighted by atomic mass is 16.7. The van der Waals surface area contributed by atoms with E-state index in [1.165, 1.54) is 56.7 Å². The number of unbranched alkanes of at least 4 members (excludes halogenated alkanes) is 4. The molecule has 0 aliphatic rings. The normalized spacial score (nSPS) is 10.7. The summed E-state index contributed by atoms with van der Waals surface area (Å²) >= 11 is 0. The molecule has 19 heteroatoms. The zero-order chi connectivity index (χ0) is 51.2. The van der Waals surface area contributed by atoms with Gasteiger partial charge in [0.25, 0.3) is 0 Å². The SMILES string of the molecule is CCCCOC(COC(=O)c1ccccc1C(=O)O)OCCCC.CCCCOC(COCCOC(=O)c1ccccc1C(=O)O)OCCCC.COC(COC(=O)c1ccccc1C(=O)O)OC. The molecule has 3 aromatic carbocycles. The van der Waals surface area contributed by atoms with Gasteiger partial charge >= 0.3 is 35.8 Å². The molecule has 0 heterocycles. The number of aromatic carboxylic acids is 3. The van der Waals surface area contributed by atoms with Crippen LogP contribution < -0.4 is 0 Å². The average molecular weight is 975 g/mol. The maximum Gasteiger partial charge on any atom is 0.339 e. The third-order valence-electron chi connectivity index (χ3n) is 9.28. The second kappa shape index (κ2) is 38.1. The van der Waals surface area contributed by atoms with Crippen LogP contribution in [-0.2, 0) is 47.4 Å². The van der Waals surface area contributed by atoms with E-state index in [4.69, 9.17) is 62.7 Å². The van der Waals surface area contributed by atoms with Gasteiger partial charge in [-0.25, -0.2) is 28.8 Å². The number of carboxylic acids is 3. The lowest BCUT2D eigenvalue weighted by Gasteiger charge is -2.18. The zero-order valence-corrected chi connectivity index (χ0v) is 40.6. The Hall–Kier alpha value is -5.80. The van der Waals surface area contributed by atoms with Crippen molar-refractivity contribution in [2.45, 2.75) is 97.9 Å². The lowest BCUT2D eigenvalue weighted by Crippen LogP contribution is -2.26. The molecule has 0 fully saturated rings. The first kappa shape index (κ1) is 61.2. The summed E-state index contributed by atoms with van der Waals surface area (Å²) in [6.45, 7) is 10.8. The monoisotopic (exact) mass is 974 g/mol. The molecule has 0 aliphatic carbocycles. The van der Waals surface area contributed by atoms with E-state index >= 15 is 0 Å². The summed E-state index contributed by atoms with van der Waals surface area (Å²) in [5, 5.41) is 27.2. The fraction of sp³-hybridized carbons (Fsp3) is 0.520. The van der Waals surface area contributed by atoms with E-state index in [-0.39, 0.29) is 66.4 Å². The fourth-order valence-electron chi connectivity index (χ4n) is 5.39. The van der Waals surface area contributed by atoms with Crippen LogP contribution in [0.3, 0.4) is 0 Å². The summed E-state index contributed by atoms with van der Waals surface area (Å²) in [5.74, 6) is -5.64. The molecule has 0 spiro atoms. The summed E-state index contributed by atoms with van der Waals surface area (Å²) in [5.41, 5.74) is -0.237. The molecule has 0 saturated carbocycles. The highest BCUT2D eigenvalue weighted by Gasteiger charge is 2.21. The van der Waals surface area contributed by atoms with Crippen molar-refractivity contribution < 1.29 is 91.5 Å². The van der Waals surface area contributed by atoms with Crippen molar-refractivity contribution in [1.29, 1.82) is 0 Å². The van der Waals surface area contributed by atoms with Gasteiger partial charge in [0.1, 0.15) is 19.8 Å². The van der Waals surface area contributed by atoms with Crippen molar-refractivity contribution in [2.75, 3.05) is 73.7 Å². The molecule has 0 saturated heterocycles. The van der Waals surface area contributed by atoms with Gasteiger partial charge in [-0.3, -0.25) is 0 Å². The topological polar surface area (TPSA) is 255 Å². The van der Waals surface area contributed by atoms with Crippen molar-refractivity contribution in [3.63, 3.8) is 0 Å². The van der Waals surface area contributed by atoms with Gasteiger partial charge in [0, 0.05) is 40.6 Å². The minimum absolute atomic E-state index is 0.00374. The van der Waals surface area contributed by atoms with Gasteiger partial charge in [-0.1, -0.05) is 89.8 Å². The van der Waals surface area contributed by atoms with Crippen LogP contribution in [0.1, 0.15) is 141 Å². The van der Waals surface area contributed by atoms with Crippen molar-refractivity contribution in [3.8, 4) is 0 Å². The number of methoxy groups -OCH3 is 2. The number of esters is 3. The van der Waals surface area contributed by atoms with Crippen LogP contribution in [0.15, 0.2) is 72.8 Å². The van der Waals surface area contributed by atoms with Gasteiger partial charge in [-0.2, -0.15) is 0 Å². The number of hydrogen-bond acceptors (Lipinski definition) is 16. The Morgan fingerprint density at radius 3 is 0.986 bits per heavy atom. The van der Waals surface area contributed by atoms with Gasteiger partial charge in [0.05, 0.1) is 46.6 Å². The molecule has 3 rings (SSSR count). The molecular formula is C50H70O19. The molecule has 0 aliphatic heterocycles. The zero-order valence-electron chi connectivity index (χ0n) is 40.6. The van der Waals surface area contributed by atoms with Crippen LogP contribution in [0.5, 0.6) is 0 Å². The Kier molecular flexibility index (Phi) is 33.8. The Bertz CT molecular complexity index is 1910. The Morgan fingerprint density at radius 2 is 0.681 bits per heavy atom. The molecule has 19 nitrogen and oxygen atoms in total. The summed E-state index contributed by atoms with van der Waals surface area (Å²) in [4.78, 5) is 69.1. The first-order valence-corrected chi connectivity index (χ1v) is 22.9. The van der Waals surface area contributed by atoms with Crippen LogP contribution in [0, 0.1) is 0 Å². The molecule has 69 heavy (non-hydrogen) atoms. The van der Waals surface area contributed by atoms with Crippen LogP contribution in [0.25, 0.3) is 0 Å². The van der Waals surface area contributed by atoms with Crippen molar-refractivity contribution >= 4 is 35.8 Å². The standard InChI is InChI=1S/C20H30O7.C18H26O6.C12H14O6/c1-3-5-11-25-18(26-12-6-4-2)15-24-13-14-27-20(23)17-10-8-7-9-16(17)19(21)22;1-3-5-11-22-16(23-12-6-4-2)13-24-18(21)15-10-8-7-9-14(15)17(19)20;1-16-10(17-2)7-18-12(15)9-6-4-3-5-8(9)11(13)14/h7-10,18H,3-6,11-15H2,1-2H3,(H,21,22);7-10,16H,3-6,11-13H2,1-2H3,(H,19,20);3-6,10H,7H2,1-2H3,(H,13,14). The van der Waals surface area contributed by atoms with E-state index in [0.717, 1.165) is 51.4 Å².